The van der Waals surface area contributed by atoms with Crippen molar-refractivity contribution in [2.45, 2.75) is 13.3 Å². The summed E-state index contributed by atoms with van der Waals surface area (Å²) in [6.45, 7) is 2.18. The number of non-ortho nitro benzene ring substituents is 1. The van der Waals surface area contributed by atoms with Crippen molar-refractivity contribution in [2.24, 2.45) is 0 Å². The Morgan fingerprint density at radius 1 is 1.50 bits per heavy atom. The van der Waals surface area contributed by atoms with E-state index >= 15 is 0 Å². The summed E-state index contributed by atoms with van der Waals surface area (Å²) in [4.78, 5) is 21.5. The zero-order valence-electron chi connectivity index (χ0n) is 8.60. The van der Waals surface area contributed by atoms with Gasteiger partial charge in [-0.25, -0.2) is 4.79 Å². The number of nitro benzene ring substituents is 1. The van der Waals surface area contributed by atoms with Crippen LogP contribution in [-0.2, 0) is 4.74 Å². The number of carbonyl (C=O) groups excluding carboxylic acids is 1. The Hall–Kier alpha value is -1.43. The minimum atomic E-state index is -0.554. The molecule has 0 aliphatic heterocycles. The fraction of sp³-hybridized carbons (Fsp3) is 0.300. The van der Waals surface area contributed by atoms with Crippen LogP contribution in [0.3, 0.4) is 0 Å². The number of benzene rings is 1. The highest BCUT2D eigenvalue weighted by atomic mass is 79.9. The molecule has 0 radical (unpaired) electrons. The summed E-state index contributed by atoms with van der Waals surface area (Å²) in [6.07, 6.45) is 0.710. The number of ether oxygens (including phenoxy) is 1. The third-order valence-corrected chi connectivity index (χ3v) is 2.22. The Morgan fingerprint density at radius 2 is 2.19 bits per heavy atom. The summed E-state index contributed by atoms with van der Waals surface area (Å²) >= 11 is 3.11. The van der Waals surface area contributed by atoms with Crippen LogP contribution in [0.25, 0.3) is 0 Å². The van der Waals surface area contributed by atoms with Gasteiger partial charge in [0.1, 0.15) is 0 Å². The summed E-state index contributed by atoms with van der Waals surface area (Å²) in [5, 5.41) is 10.6. The molecular formula is C10H10BrNO4. The van der Waals surface area contributed by atoms with Crippen molar-refractivity contribution in [2.75, 3.05) is 6.61 Å². The number of rotatable bonds is 4. The van der Waals surface area contributed by atoms with Crippen LogP contribution in [0.15, 0.2) is 22.7 Å². The Balaban J connectivity index is 2.95. The summed E-state index contributed by atoms with van der Waals surface area (Å²) in [5.41, 5.74) is 0.0346. The summed E-state index contributed by atoms with van der Waals surface area (Å²) in [6, 6.07) is 4.02. The lowest BCUT2D eigenvalue weighted by molar-refractivity contribution is -0.385. The number of halogens is 1. The molecule has 1 aromatic rings. The van der Waals surface area contributed by atoms with E-state index in [1.54, 1.807) is 0 Å². The lowest BCUT2D eigenvalue weighted by atomic mass is 10.2. The predicted molar refractivity (Wildman–Crippen MR) is 61.4 cm³/mol. The van der Waals surface area contributed by atoms with Crippen molar-refractivity contribution in [3.8, 4) is 0 Å². The van der Waals surface area contributed by atoms with Gasteiger partial charge in [-0.1, -0.05) is 22.9 Å². The number of nitro groups is 1. The number of hydrogen-bond donors (Lipinski definition) is 0. The molecule has 0 fully saturated rings. The van der Waals surface area contributed by atoms with E-state index in [1.807, 2.05) is 6.92 Å². The second-order valence-electron chi connectivity index (χ2n) is 3.09. The highest BCUT2D eigenvalue weighted by Crippen LogP contribution is 2.21. The van der Waals surface area contributed by atoms with Crippen LogP contribution in [0.1, 0.15) is 23.7 Å². The maximum Gasteiger partial charge on any atom is 0.338 e. The predicted octanol–water partition coefficient (Wildman–Crippen LogP) is 2.92. The smallest absolute Gasteiger partial charge is 0.338 e. The number of carbonyl (C=O) groups is 1. The zero-order chi connectivity index (χ0) is 12.1. The first-order chi connectivity index (χ1) is 7.54. The summed E-state index contributed by atoms with van der Waals surface area (Å²) in [5.74, 6) is -0.550. The zero-order valence-corrected chi connectivity index (χ0v) is 10.2. The molecule has 0 saturated carbocycles. The van der Waals surface area contributed by atoms with E-state index in [0.29, 0.717) is 17.5 Å². The average molecular weight is 288 g/mol. The SMILES string of the molecule is CCCOC(=O)c1cc(Br)cc([N+](=O)[O-])c1. The third kappa shape index (κ3) is 3.30. The molecule has 16 heavy (non-hydrogen) atoms. The van der Waals surface area contributed by atoms with Crippen molar-refractivity contribution < 1.29 is 14.5 Å². The molecule has 5 nitrogen and oxygen atoms in total. The van der Waals surface area contributed by atoms with Gasteiger partial charge in [-0.3, -0.25) is 10.1 Å². The minimum Gasteiger partial charge on any atom is -0.462 e. The van der Waals surface area contributed by atoms with Crippen LogP contribution in [-0.4, -0.2) is 17.5 Å². The van der Waals surface area contributed by atoms with Gasteiger partial charge < -0.3 is 4.74 Å². The van der Waals surface area contributed by atoms with Crippen molar-refractivity contribution >= 4 is 27.6 Å². The van der Waals surface area contributed by atoms with Crippen LogP contribution in [0.4, 0.5) is 5.69 Å². The molecule has 0 amide bonds. The first kappa shape index (κ1) is 12.6. The molecule has 86 valence electrons. The molecule has 1 rings (SSSR count). The second-order valence-corrected chi connectivity index (χ2v) is 4.01. The van der Waals surface area contributed by atoms with E-state index in [-0.39, 0.29) is 11.3 Å². The number of hydrogen-bond acceptors (Lipinski definition) is 4. The molecule has 6 heteroatoms. The van der Waals surface area contributed by atoms with Crippen LogP contribution in [0.5, 0.6) is 0 Å². The van der Waals surface area contributed by atoms with E-state index in [2.05, 4.69) is 15.9 Å². The monoisotopic (exact) mass is 287 g/mol. The molecule has 0 heterocycles. The van der Waals surface area contributed by atoms with Crippen LogP contribution in [0, 0.1) is 10.1 Å². The molecule has 0 spiro atoms. The fourth-order valence-electron chi connectivity index (χ4n) is 1.08. The maximum atomic E-state index is 11.5. The lowest BCUT2D eigenvalue weighted by Crippen LogP contribution is -2.06. The first-order valence-electron chi connectivity index (χ1n) is 4.66. The average Bonchev–Trinajstić information content (AvgIpc) is 2.24. The van der Waals surface area contributed by atoms with E-state index < -0.39 is 10.9 Å². The molecule has 0 aromatic heterocycles. The van der Waals surface area contributed by atoms with Crippen molar-refractivity contribution in [1.29, 1.82) is 0 Å². The standard InChI is InChI=1S/C10H10BrNO4/c1-2-3-16-10(13)7-4-8(11)6-9(5-7)12(14)15/h4-6H,2-3H2,1H3. The molecule has 0 bridgehead atoms. The highest BCUT2D eigenvalue weighted by molar-refractivity contribution is 9.10. The van der Waals surface area contributed by atoms with Crippen LogP contribution < -0.4 is 0 Å². The minimum absolute atomic E-state index is 0.141. The summed E-state index contributed by atoms with van der Waals surface area (Å²) in [7, 11) is 0. The van der Waals surface area contributed by atoms with Crippen molar-refractivity contribution in [3.63, 3.8) is 0 Å². The van der Waals surface area contributed by atoms with Gasteiger partial charge in [0.15, 0.2) is 0 Å². The van der Waals surface area contributed by atoms with Gasteiger partial charge in [-0.15, -0.1) is 0 Å². The van der Waals surface area contributed by atoms with Gasteiger partial charge in [0.05, 0.1) is 17.1 Å². The topological polar surface area (TPSA) is 69.4 Å². The quantitative estimate of drug-likeness (QED) is 0.485. The largest absolute Gasteiger partial charge is 0.462 e. The molecule has 0 aliphatic carbocycles. The van der Waals surface area contributed by atoms with E-state index in [4.69, 9.17) is 4.74 Å². The Bertz CT molecular complexity index is 419. The Kier molecular flexibility index (Phi) is 4.42. The lowest BCUT2D eigenvalue weighted by Gasteiger charge is -2.03. The number of nitrogens with zero attached hydrogens (tertiary/aromatic N) is 1. The Morgan fingerprint density at radius 3 is 2.75 bits per heavy atom. The molecule has 0 N–H and O–H groups in total. The van der Waals surface area contributed by atoms with Gasteiger partial charge in [0.25, 0.3) is 5.69 Å². The molecular weight excluding hydrogens is 278 g/mol. The van der Waals surface area contributed by atoms with Crippen LogP contribution in [0.2, 0.25) is 0 Å². The van der Waals surface area contributed by atoms with Gasteiger partial charge >= 0.3 is 5.97 Å². The van der Waals surface area contributed by atoms with Gasteiger partial charge in [0.2, 0.25) is 0 Å². The molecule has 0 unspecified atom stereocenters. The third-order valence-electron chi connectivity index (χ3n) is 1.77. The maximum absolute atomic E-state index is 11.5. The van der Waals surface area contributed by atoms with Gasteiger partial charge in [-0.2, -0.15) is 0 Å². The van der Waals surface area contributed by atoms with Crippen molar-refractivity contribution in [3.05, 3.63) is 38.3 Å². The molecule has 0 atom stereocenters. The van der Waals surface area contributed by atoms with Gasteiger partial charge in [-0.05, 0) is 12.5 Å². The molecule has 1 aromatic carbocycles. The number of esters is 1. The van der Waals surface area contributed by atoms with Crippen LogP contribution >= 0.6 is 15.9 Å². The van der Waals surface area contributed by atoms with E-state index in [9.17, 15) is 14.9 Å². The highest BCUT2D eigenvalue weighted by Gasteiger charge is 2.14. The van der Waals surface area contributed by atoms with E-state index in [1.165, 1.54) is 18.2 Å². The normalized spacial score (nSPS) is 9.88. The summed E-state index contributed by atoms with van der Waals surface area (Å²) < 4.78 is 5.36. The molecule has 0 aliphatic rings. The van der Waals surface area contributed by atoms with Gasteiger partial charge in [0, 0.05) is 16.6 Å². The van der Waals surface area contributed by atoms with E-state index in [0.717, 1.165) is 0 Å². The van der Waals surface area contributed by atoms with Crippen molar-refractivity contribution in [1.82, 2.24) is 0 Å². The first-order valence-corrected chi connectivity index (χ1v) is 5.46. The molecule has 0 saturated heterocycles. The Labute approximate surface area is 101 Å². The second kappa shape index (κ2) is 5.60. The fourth-order valence-corrected chi connectivity index (χ4v) is 1.56.